The molecule has 1 heterocycles. The molecule has 1 aromatic heterocycles. The van der Waals surface area contributed by atoms with Gasteiger partial charge in [-0.3, -0.25) is 0 Å². The van der Waals surface area contributed by atoms with Crippen LogP contribution >= 0.6 is 15.9 Å². The third kappa shape index (κ3) is 2.98. The highest BCUT2D eigenvalue weighted by Gasteiger charge is 2.03. The minimum absolute atomic E-state index is 0.356. The Morgan fingerprint density at radius 1 is 1.28 bits per heavy atom. The van der Waals surface area contributed by atoms with Crippen LogP contribution in [0, 0.1) is 12.7 Å². The number of aryl methyl sites for hydroxylation is 1. The van der Waals surface area contributed by atoms with E-state index in [4.69, 9.17) is 4.74 Å². The highest BCUT2D eigenvalue weighted by atomic mass is 79.9. The van der Waals surface area contributed by atoms with Crippen LogP contribution in [0.1, 0.15) is 5.69 Å². The van der Waals surface area contributed by atoms with Gasteiger partial charge in [0.2, 0.25) is 0 Å². The maximum absolute atomic E-state index is 13.3. The van der Waals surface area contributed by atoms with Gasteiger partial charge in [0.25, 0.3) is 0 Å². The number of halogens is 2. The summed E-state index contributed by atoms with van der Waals surface area (Å²) in [7, 11) is 1.50. The summed E-state index contributed by atoms with van der Waals surface area (Å²) in [6, 6.07) is 8.13. The summed E-state index contributed by atoms with van der Waals surface area (Å²) in [5.74, 6) is 0.764. The molecule has 2 rings (SSSR count). The molecule has 1 N–H and O–H groups in total. The van der Waals surface area contributed by atoms with Gasteiger partial charge in [0.1, 0.15) is 17.4 Å². The Morgan fingerprint density at radius 3 is 2.72 bits per heavy atom. The van der Waals surface area contributed by atoms with Gasteiger partial charge in [-0.1, -0.05) is 0 Å². The molecular formula is C13H12BrFN2O. The molecule has 0 spiro atoms. The lowest BCUT2D eigenvalue weighted by Gasteiger charge is -2.09. The predicted molar refractivity (Wildman–Crippen MR) is 72.9 cm³/mol. The van der Waals surface area contributed by atoms with E-state index in [1.165, 1.54) is 19.2 Å². The first-order valence-electron chi connectivity index (χ1n) is 5.33. The van der Waals surface area contributed by atoms with Crippen molar-refractivity contribution in [2.75, 3.05) is 12.4 Å². The molecule has 94 valence electrons. The van der Waals surface area contributed by atoms with Crippen molar-refractivity contribution in [2.24, 2.45) is 0 Å². The number of hydrogen-bond acceptors (Lipinski definition) is 3. The van der Waals surface area contributed by atoms with Crippen molar-refractivity contribution in [1.29, 1.82) is 0 Å². The average molecular weight is 311 g/mol. The summed E-state index contributed by atoms with van der Waals surface area (Å²) in [4.78, 5) is 4.33. The van der Waals surface area contributed by atoms with Gasteiger partial charge in [-0.15, -0.1) is 0 Å². The first-order chi connectivity index (χ1) is 8.58. The Morgan fingerprint density at radius 2 is 2.06 bits per heavy atom. The molecule has 0 aliphatic rings. The van der Waals surface area contributed by atoms with E-state index >= 15 is 0 Å². The smallest absolute Gasteiger partial charge is 0.130 e. The van der Waals surface area contributed by atoms with E-state index in [9.17, 15) is 4.39 Å². The molecular weight excluding hydrogens is 299 g/mol. The number of aromatic nitrogens is 1. The van der Waals surface area contributed by atoms with Crippen molar-refractivity contribution in [3.63, 3.8) is 0 Å². The van der Waals surface area contributed by atoms with Crippen LogP contribution in [-0.4, -0.2) is 12.1 Å². The van der Waals surface area contributed by atoms with Crippen LogP contribution in [0.4, 0.5) is 15.9 Å². The maximum Gasteiger partial charge on any atom is 0.130 e. The lowest BCUT2D eigenvalue weighted by molar-refractivity contribution is 0.411. The highest BCUT2D eigenvalue weighted by Crippen LogP contribution is 2.24. The molecule has 0 bridgehead atoms. The zero-order valence-electron chi connectivity index (χ0n) is 10.00. The average Bonchev–Trinajstić information content (AvgIpc) is 2.33. The molecule has 0 unspecified atom stereocenters. The van der Waals surface area contributed by atoms with Gasteiger partial charge < -0.3 is 10.1 Å². The molecule has 0 saturated heterocycles. The molecule has 0 amide bonds. The SMILES string of the molecule is COc1cc(F)cc(Nc2ccc(Br)c(C)n2)c1. The summed E-state index contributed by atoms with van der Waals surface area (Å²) >= 11 is 3.38. The van der Waals surface area contributed by atoms with E-state index in [1.807, 2.05) is 19.1 Å². The molecule has 0 aliphatic heterocycles. The molecule has 0 atom stereocenters. The van der Waals surface area contributed by atoms with Gasteiger partial charge in [-0.25, -0.2) is 9.37 Å². The number of ether oxygens (including phenoxy) is 1. The fourth-order valence-corrected chi connectivity index (χ4v) is 1.74. The van der Waals surface area contributed by atoms with Crippen molar-refractivity contribution < 1.29 is 9.13 Å². The third-order valence-corrected chi connectivity index (χ3v) is 3.24. The largest absolute Gasteiger partial charge is 0.497 e. The fraction of sp³-hybridized carbons (Fsp3) is 0.154. The van der Waals surface area contributed by atoms with Gasteiger partial charge in [-0.05, 0) is 41.1 Å². The fourth-order valence-electron chi connectivity index (χ4n) is 1.51. The lowest BCUT2D eigenvalue weighted by atomic mass is 10.3. The van der Waals surface area contributed by atoms with Crippen molar-refractivity contribution in [3.8, 4) is 5.75 Å². The normalized spacial score (nSPS) is 10.2. The first kappa shape index (κ1) is 12.8. The maximum atomic E-state index is 13.3. The van der Waals surface area contributed by atoms with Crippen LogP contribution in [0.2, 0.25) is 0 Å². The Kier molecular flexibility index (Phi) is 3.81. The number of pyridine rings is 1. The highest BCUT2D eigenvalue weighted by molar-refractivity contribution is 9.10. The van der Waals surface area contributed by atoms with Gasteiger partial charge in [0.05, 0.1) is 12.8 Å². The van der Waals surface area contributed by atoms with Gasteiger partial charge in [-0.2, -0.15) is 0 Å². The number of rotatable bonds is 3. The molecule has 0 radical (unpaired) electrons. The number of benzene rings is 1. The summed E-state index contributed by atoms with van der Waals surface area (Å²) in [5.41, 5.74) is 1.46. The topological polar surface area (TPSA) is 34.1 Å². The summed E-state index contributed by atoms with van der Waals surface area (Å²) in [5, 5.41) is 3.04. The van der Waals surface area contributed by atoms with Crippen LogP contribution in [0.25, 0.3) is 0 Å². The van der Waals surface area contributed by atoms with Gasteiger partial charge >= 0.3 is 0 Å². The molecule has 0 saturated carbocycles. The first-order valence-corrected chi connectivity index (χ1v) is 6.12. The molecule has 18 heavy (non-hydrogen) atoms. The van der Waals surface area contributed by atoms with Gasteiger partial charge in [0, 0.05) is 22.3 Å². The number of anilines is 2. The van der Waals surface area contributed by atoms with Crippen LogP contribution in [0.3, 0.4) is 0 Å². The molecule has 0 aliphatic carbocycles. The summed E-state index contributed by atoms with van der Waals surface area (Å²) < 4.78 is 19.3. The Balaban J connectivity index is 2.27. The van der Waals surface area contributed by atoms with E-state index in [1.54, 1.807) is 6.07 Å². The standard InChI is InChI=1S/C13H12BrFN2O/c1-8-12(14)3-4-13(16-8)17-10-5-9(15)6-11(7-10)18-2/h3-7H,1-2H3,(H,16,17). The van der Waals surface area contributed by atoms with E-state index < -0.39 is 0 Å². The van der Waals surface area contributed by atoms with Crippen LogP contribution < -0.4 is 10.1 Å². The van der Waals surface area contributed by atoms with Crippen LogP contribution in [0.5, 0.6) is 5.75 Å². The Bertz CT molecular complexity index is 575. The Labute approximate surface area is 113 Å². The van der Waals surface area contributed by atoms with E-state index in [0.29, 0.717) is 17.3 Å². The Hall–Kier alpha value is -1.62. The van der Waals surface area contributed by atoms with Crippen LogP contribution in [0.15, 0.2) is 34.8 Å². The third-order valence-electron chi connectivity index (χ3n) is 2.40. The number of methoxy groups -OCH3 is 1. The number of hydrogen-bond donors (Lipinski definition) is 1. The second-order valence-electron chi connectivity index (χ2n) is 3.77. The molecule has 5 heteroatoms. The second-order valence-corrected chi connectivity index (χ2v) is 4.62. The molecule has 0 fully saturated rings. The lowest BCUT2D eigenvalue weighted by Crippen LogP contribution is -1.96. The van der Waals surface area contributed by atoms with Crippen molar-refractivity contribution in [3.05, 3.63) is 46.3 Å². The molecule has 2 aromatic rings. The summed E-state index contributed by atoms with van der Waals surface area (Å²) in [6.45, 7) is 1.89. The minimum Gasteiger partial charge on any atom is -0.497 e. The van der Waals surface area contributed by atoms with Crippen molar-refractivity contribution in [1.82, 2.24) is 4.98 Å². The van der Waals surface area contributed by atoms with Gasteiger partial charge in [0.15, 0.2) is 0 Å². The van der Waals surface area contributed by atoms with E-state index in [2.05, 4.69) is 26.2 Å². The zero-order chi connectivity index (χ0) is 13.1. The summed E-state index contributed by atoms with van der Waals surface area (Å²) in [6.07, 6.45) is 0. The second kappa shape index (κ2) is 5.35. The van der Waals surface area contributed by atoms with Crippen molar-refractivity contribution >= 4 is 27.4 Å². The monoisotopic (exact) mass is 310 g/mol. The number of nitrogens with zero attached hydrogens (tertiary/aromatic N) is 1. The molecule has 1 aromatic carbocycles. The van der Waals surface area contributed by atoms with E-state index in [0.717, 1.165) is 10.2 Å². The zero-order valence-corrected chi connectivity index (χ0v) is 11.6. The van der Waals surface area contributed by atoms with E-state index in [-0.39, 0.29) is 5.82 Å². The minimum atomic E-state index is -0.356. The quantitative estimate of drug-likeness (QED) is 0.929. The number of nitrogens with one attached hydrogen (secondary N) is 1. The van der Waals surface area contributed by atoms with Crippen LogP contribution in [-0.2, 0) is 0 Å². The van der Waals surface area contributed by atoms with Crippen molar-refractivity contribution in [2.45, 2.75) is 6.92 Å². The predicted octanol–water partition coefficient (Wildman–Crippen LogP) is 4.04. The molecule has 3 nitrogen and oxygen atoms in total.